The number of nitrogens with one attached hydrogen (secondary N) is 1. The number of hydrogen-bond donors (Lipinski definition) is 3. The summed E-state index contributed by atoms with van der Waals surface area (Å²) in [5.74, 6) is -0.0535. The van der Waals surface area contributed by atoms with Gasteiger partial charge in [0.05, 0.1) is 18.8 Å². The summed E-state index contributed by atoms with van der Waals surface area (Å²) in [6.45, 7) is 4.37. The molecular weight excluding hydrogens is 867 g/mol. The molecule has 0 aliphatic rings. The van der Waals surface area contributed by atoms with Crippen molar-refractivity contribution in [3.8, 4) is 0 Å². The lowest BCUT2D eigenvalue weighted by atomic mass is 10.0. The van der Waals surface area contributed by atoms with Gasteiger partial charge in [0.15, 0.2) is 0 Å². The van der Waals surface area contributed by atoms with Crippen LogP contribution in [0.15, 0.2) is 12.2 Å². The molecule has 0 aliphatic heterocycles. The van der Waals surface area contributed by atoms with E-state index in [0.29, 0.717) is 6.42 Å². The summed E-state index contributed by atoms with van der Waals surface area (Å²) in [5.41, 5.74) is 0. The molecule has 424 valence electrons. The number of aliphatic hydroxyl groups is 2. The Labute approximate surface area is 447 Å². The van der Waals surface area contributed by atoms with Crippen LogP contribution < -0.4 is 5.32 Å². The van der Waals surface area contributed by atoms with Crippen molar-refractivity contribution in [2.45, 2.75) is 405 Å². The number of hydrogen-bond acceptors (Lipinski definition) is 3. The molecule has 0 bridgehead atoms. The molecule has 0 rings (SSSR count). The fourth-order valence-corrected chi connectivity index (χ4v) is 11.0. The number of carbonyl (C=O) groups is 1. The van der Waals surface area contributed by atoms with Crippen molar-refractivity contribution < 1.29 is 15.0 Å². The van der Waals surface area contributed by atoms with E-state index in [0.717, 1.165) is 25.7 Å². The zero-order valence-electron chi connectivity index (χ0n) is 49.0. The van der Waals surface area contributed by atoms with Crippen LogP contribution in [0.2, 0.25) is 0 Å². The highest BCUT2D eigenvalue weighted by Gasteiger charge is 2.18. The number of rotatable bonds is 63. The lowest BCUT2D eigenvalue weighted by molar-refractivity contribution is -0.123. The normalized spacial score (nSPS) is 12.7. The van der Waals surface area contributed by atoms with Gasteiger partial charge in [0.2, 0.25) is 5.91 Å². The molecular formula is C67H133NO3. The quantitative estimate of drug-likeness (QED) is 0.0420. The molecule has 2 atom stereocenters. The van der Waals surface area contributed by atoms with Crippen molar-refractivity contribution in [2.24, 2.45) is 0 Å². The predicted octanol–water partition coefficient (Wildman–Crippen LogP) is 22.4. The number of unbranched alkanes of at least 4 members (excludes halogenated alkanes) is 56. The van der Waals surface area contributed by atoms with E-state index in [1.165, 1.54) is 347 Å². The van der Waals surface area contributed by atoms with E-state index >= 15 is 0 Å². The Morgan fingerprint density at radius 3 is 0.732 bits per heavy atom. The number of amides is 1. The van der Waals surface area contributed by atoms with Crippen molar-refractivity contribution in [1.29, 1.82) is 0 Å². The second-order valence-electron chi connectivity index (χ2n) is 23.3. The summed E-state index contributed by atoms with van der Waals surface area (Å²) >= 11 is 0. The Morgan fingerprint density at radius 2 is 0.521 bits per heavy atom. The third-order valence-corrected chi connectivity index (χ3v) is 16.0. The van der Waals surface area contributed by atoms with Gasteiger partial charge in [0, 0.05) is 6.42 Å². The maximum atomic E-state index is 12.5. The Balaban J connectivity index is 3.39. The summed E-state index contributed by atoms with van der Waals surface area (Å²) < 4.78 is 0. The molecule has 0 aliphatic carbocycles. The van der Waals surface area contributed by atoms with Crippen molar-refractivity contribution in [1.82, 2.24) is 5.32 Å². The summed E-state index contributed by atoms with van der Waals surface area (Å²) in [5, 5.41) is 23.3. The molecule has 0 aromatic rings. The first-order chi connectivity index (χ1) is 35.2. The lowest BCUT2D eigenvalue weighted by Gasteiger charge is -2.20. The Bertz CT molecular complexity index is 998. The molecule has 0 saturated carbocycles. The third-order valence-electron chi connectivity index (χ3n) is 16.0. The molecule has 0 saturated heterocycles. The number of aliphatic hydroxyl groups excluding tert-OH is 2. The highest BCUT2D eigenvalue weighted by molar-refractivity contribution is 5.76. The highest BCUT2D eigenvalue weighted by atomic mass is 16.3. The molecule has 0 aromatic heterocycles. The Kier molecular flexibility index (Phi) is 62.6. The predicted molar refractivity (Wildman–Crippen MR) is 318 cm³/mol. The van der Waals surface area contributed by atoms with Gasteiger partial charge in [0.25, 0.3) is 0 Å². The van der Waals surface area contributed by atoms with Gasteiger partial charge in [-0.3, -0.25) is 4.79 Å². The molecule has 2 unspecified atom stereocenters. The average Bonchev–Trinajstić information content (AvgIpc) is 3.37. The highest BCUT2D eigenvalue weighted by Crippen LogP contribution is 2.19. The van der Waals surface area contributed by atoms with Crippen molar-refractivity contribution in [3.63, 3.8) is 0 Å². The van der Waals surface area contributed by atoms with E-state index in [2.05, 4.69) is 19.2 Å². The van der Waals surface area contributed by atoms with Gasteiger partial charge in [-0.05, 0) is 19.3 Å². The maximum Gasteiger partial charge on any atom is 0.220 e. The second-order valence-corrected chi connectivity index (χ2v) is 23.3. The SMILES string of the molecule is CCCCCCCCCCCCCCCCCCCCCCCCC/C=C/C(O)C(CO)NC(=O)CCCCCCCCCCCCCCCCCCCCCCCCCCCCCCCCCCCC. The van der Waals surface area contributed by atoms with E-state index in [1.807, 2.05) is 6.08 Å². The molecule has 3 N–H and O–H groups in total. The molecule has 0 fully saturated rings. The van der Waals surface area contributed by atoms with Crippen LogP contribution in [0.4, 0.5) is 0 Å². The van der Waals surface area contributed by atoms with Gasteiger partial charge in [0.1, 0.15) is 0 Å². The third kappa shape index (κ3) is 59.9. The summed E-state index contributed by atoms with van der Waals surface area (Å²) in [7, 11) is 0. The molecule has 71 heavy (non-hydrogen) atoms. The van der Waals surface area contributed by atoms with Gasteiger partial charge in [-0.25, -0.2) is 0 Å². The van der Waals surface area contributed by atoms with E-state index in [-0.39, 0.29) is 12.5 Å². The van der Waals surface area contributed by atoms with E-state index in [1.54, 1.807) is 6.08 Å². The van der Waals surface area contributed by atoms with Gasteiger partial charge in [-0.1, -0.05) is 379 Å². The van der Waals surface area contributed by atoms with Crippen LogP contribution in [0, 0.1) is 0 Å². The molecule has 0 heterocycles. The zero-order chi connectivity index (χ0) is 51.3. The summed E-state index contributed by atoms with van der Waals surface area (Å²) in [6, 6.07) is -0.619. The van der Waals surface area contributed by atoms with E-state index in [4.69, 9.17) is 0 Å². The molecule has 4 nitrogen and oxygen atoms in total. The van der Waals surface area contributed by atoms with Crippen molar-refractivity contribution >= 4 is 5.91 Å². The first kappa shape index (κ1) is 70.1. The molecule has 1 amide bonds. The first-order valence-electron chi connectivity index (χ1n) is 33.4. The van der Waals surface area contributed by atoms with Crippen LogP contribution in [0.3, 0.4) is 0 Å². The van der Waals surface area contributed by atoms with Gasteiger partial charge >= 0.3 is 0 Å². The lowest BCUT2D eigenvalue weighted by Crippen LogP contribution is -2.45. The van der Waals surface area contributed by atoms with Gasteiger partial charge in [-0.2, -0.15) is 0 Å². The van der Waals surface area contributed by atoms with Crippen LogP contribution >= 0.6 is 0 Å². The topological polar surface area (TPSA) is 69.6 Å². The largest absolute Gasteiger partial charge is 0.394 e. The molecule has 0 spiro atoms. The van der Waals surface area contributed by atoms with Crippen LogP contribution in [0.5, 0.6) is 0 Å². The standard InChI is InChI=1S/C67H133NO3/c1-3-5-7-9-11-13-15-17-19-21-23-25-27-29-30-31-32-33-34-35-36-37-39-41-43-45-47-49-51-53-55-57-59-61-63-67(71)68-65(64-69)66(70)62-60-58-56-54-52-50-48-46-44-42-40-38-28-26-24-22-20-18-16-14-12-10-8-6-4-2/h60,62,65-66,69-70H,3-59,61,63-64H2,1-2H3,(H,68,71)/b62-60+. The zero-order valence-corrected chi connectivity index (χ0v) is 49.0. The first-order valence-corrected chi connectivity index (χ1v) is 33.4. The molecule has 0 aromatic carbocycles. The number of carbonyl (C=O) groups excluding carboxylic acids is 1. The minimum absolute atomic E-state index is 0.0535. The molecule has 4 heteroatoms. The van der Waals surface area contributed by atoms with Crippen molar-refractivity contribution in [2.75, 3.05) is 6.61 Å². The van der Waals surface area contributed by atoms with Crippen LogP contribution in [0.25, 0.3) is 0 Å². The summed E-state index contributed by atoms with van der Waals surface area (Å²) in [6.07, 6.45) is 84.3. The Morgan fingerprint density at radius 1 is 0.324 bits per heavy atom. The minimum atomic E-state index is -0.837. The minimum Gasteiger partial charge on any atom is -0.394 e. The summed E-state index contributed by atoms with van der Waals surface area (Å²) in [4.78, 5) is 12.5. The van der Waals surface area contributed by atoms with Crippen LogP contribution in [0.1, 0.15) is 393 Å². The second kappa shape index (κ2) is 63.4. The maximum absolute atomic E-state index is 12.5. The fourth-order valence-electron chi connectivity index (χ4n) is 11.0. The average molecular weight is 1000 g/mol. The van der Waals surface area contributed by atoms with Crippen molar-refractivity contribution in [3.05, 3.63) is 12.2 Å². The van der Waals surface area contributed by atoms with Gasteiger partial charge in [-0.15, -0.1) is 0 Å². The van der Waals surface area contributed by atoms with E-state index in [9.17, 15) is 15.0 Å². The Hall–Kier alpha value is -0.870. The smallest absolute Gasteiger partial charge is 0.220 e. The monoisotopic (exact) mass is 1000 g/mol. The number of allylic oxidation sites excluding steroid dienone is 1. The molecule has 0 radical (unpaired) electrons. The van der Waals surface area contributed by atoms with Gasteiger partial charge < -0.3 is 15.5 Å². The van der Waals surface area contributed by atoms with Crippen LogP contribution in [-0.2, 0) is 4.79 Å². The van der Waals surface area contributed by atoms with Crippen LogP contribution in [-0.4, -0.2) is 34.9 Å². The van der Waals surface area contributed by atoms with E-state index < -0.39 is 12.1 Å². The fraction of sp³-hybridized carbons (Fsp3) is 0.955.